The lowest BCUT2D eigenvalue weighted by Gasteiger charge is -2.16. The van der Waals surface area contributed by atoms with E-state index >= 15 is 0 Å². The van der Waals surface area contributed by atoms with Gasteiger partial charge in [0.1, 0.15) is 10.6 Å². The van der Waals surface area contributed by atoms with Crippen molar-refractivity contribution >= 4 is 37.8 Å². The van der Waals surface area contributed by atoms with Crippen LogP contribution in [0.15, 0.2) is 39.3 Å². The lowest BCUT2D eigenvalue weighted by molar-refractivity contribution is -0.144. The number of carbonyl (C=O) groups is 1. The molecule has 1 atom stereocenters. The van der Waals surface area contributed by atoms with E-state index in [0.717, 1.165) is 10.0 Å². The maximum absolute atomic E-state index is 12.6. The Labute approximate surface area is 127 Å². The number of hydrogen-bond acceptors (Lipinski definition) is 2. The molecule has 0 amide bonds. The largest absolute Gasteiger partial charge is 0.457 e. The molecule has 0 spiro atoms. The molecule has 0 saturated heterocycles. The molecule has 1 aromatic rings. The van der Waals surface area contributed by atoms with Crippen molar-refractivity contribution < 1.29 is 18.3 Å². The molecule has 0 aliphatic heterocycles. The van der Waals surface area contributed by atoms with Crippen molar-refractivity contribution in [3.8, 4) is 0 Å². The minimum atomic E-state index is -1.88. The highest BCUT2D eigenvalue weighted by Crippen LogP contribution is 2.26. The number of esters is 1. The van der Waals surface area contributed by atoms with Crippen LogP contribution in [0.3, 0.4) is 0 Å². The van der Waals surface area contributed by atoms with E-state index in [9.17, 15) is 13.6 Å². The fourth-order valence-corrected chi connectivity index (χ4v) is 2.35. The summed E-state index contributed by atoms with van der Waals surface area (Å²) in [4.78, 5) is 10.9. The summed E-state index contributed by atoms with van der Waals surface area (Å²) in [5.41, 5.74) is 0.971. The fraction of sp³-hybridized carbons (Fsp3) is 0.308. The van der Waals surface area contributed by atoms with Crippen molar-refractivity contribution in [1.82, 2.24) is 0 Å². The van der Waals surface area contributed by atoms with Crippen LogP contribution in [-0.4, -0.2) is 12.1 Å². The third-order valence-corrected chi connectivity index (χ3v) is 3.99. The van der Waals surface area contributed by atoms with Crippen LogP contribution >= 0.6 is 31.9 Å². The van der Waals surface area contributed by atoms with E-state index < -0.39 is 18.2 Å². The van der Waals surface area contributed by atoms with E-state index in [4.69, 9.17) is 4.74 Å². The summed E-state index contributed by atoms with van der Waals surface area (Å²) >= 11 is 6.15. The third-order valence-electron chi connectivity index (χ3n) is 2.41. The van der Waals surface area contributed by atoms with Gasteiger partial charge in [-0.2, -0.15) is 8.78 Å². The molecule has 0 heterocycles. The van der Waals surface area contributed by atoms with Crippen LogP contribution in [0.2, 0.25) is 0 Å². The van der Waals surface area contributed by atoms with Crippen LogP contribution in [0.1, 0.15) is 18.9 Å². The number of hydrogen-bond donors (Lipinski definition) is 0. The maximum Gasteiger partial charge on any atom is 0.303 e. The average Bonchev–Trinajstić information content (AvgIpc) is 2.34. The first kappa shape index (κ1) is 16.3. The minimum Gasteiger partial charge on any atom is -0.457 e. The second kappa shape index (κ2) is 7.75. The zero-order valence-corrected chi connectivity index (χ0v) is 13.3. The zero-order chi connectivity index (χ0) is 14.4. The topological polar surface area (TPSA) is 26.3 Å². The number of halogens is 4. The quantitative estimate of drug-likeness (QED) is 0.666. The van der Waals surface area contributed by atoms with Crippen LogP contribution in [0.4, 0.5) is 8.78 Å². The predicted octanol–water partition coefficient (Wildman–Crippen LogP) is 4.82. The summed E-state index contributed by atoms with van der Waals surface area (Å²) in [6.45, 7) is 1.20. The molecule has 0 aliphatic rings. The average molecular weight is 398 g/mol. The Kier molecular flexibility index (Phi) is 6.65. The molecule has 0 saturated carbocycles. The molecule has 0 N–H and O–H groups in total. The minimum absolute atomic E-state index is 0.278. The maximum atomic E-state index is 12.6. The van der Waals surface area contributed by atoms with Gasteiger partial charge in [0.15, 0.2) is 0 Å². The Morgan fingerprint density at radius 2 is 2.00 bits per heavy atom. The van der Waals surface area contributed by atoms with Gasteiger partial charge in [-0.3, -0.25) is 4.79 Å². The van der Waals surface area contributed by atoms with Gasteiger partial charge >= 0.3 is 5.97 Å². The molecule has 1 aromatic carbocycles. The summed E-state index contributed by atoms with van der Waals surface area (Å²) in [7, 11) is 0. The predicted molar refractivity (Wildman–Crippen MR) is 76.2 cm³/mol. The lowest BCUT2D eigenvalue weighted by Crippen LogP contribution is -2.18. The van der Waals surface area contributed by atoms with Crippen molar-refractivity contribution in [3.63, 3.8) is 0 Å². The van der Waals surface area contributed by atoms with E-state index in [-0.39, 0.29) is 10.9 Å². The number of benzene rings is 1. The van der Waals surface area contributed by atoms with Crippen LogP contribution in [0, 0.1) is 0 Å². The lowest BCUT2D eigenvalue weighted by atomic mass is 10.1. The Morgan fingerprint density at radius 3 is 2.53 bits per heavy atom. The fourth-order valence-electron chi connectivity index (χ4n) is 1.55. The summed E-state index contributed by atoms with van der Waals surface area (Å²) in [6.07, 6.45) is -2.05. The number of aryl methyl sites for hydroxylation is 1. The van der Waals surface area contributed by atoms with E-state index in [1.54, 1.807) is 0 Å². The van der Waals surface area contributed by atoms with E-state index in [1.807, 2.05) is 24.3 Å². The van der Waals surface area contributed by atoms with Crippen molar-refractivity contribution in [2.75, 3.05) is 0 Å². The van der Waals surface area contributed by atoms with Crippen LogP contribution in [0.5, 0.6) is 0 Å². The second-order valence-corrected chi connectivity index (χ2v) is 5.55. The smallest absolute Gasteiger partial charge is 0.303 e. The van der Waals surface area contributed by atoms with Crippen LogP contribution < -0.4 is 0 Å². The summed E-state index contributed by atoms with van der Waals surface area (Å²) in [6, 6.07) is 7.49. The molecule has 0 aromatic heterocycles. The molecule has 0 bridgehead atoms. The van der Waals surface area contributed by atoms with Crippen molar-refractivity contribution in [2.45, 2.75) is 25.9 Å². The highest BCUT2D eigenvalue weighted by atomic mass is 79.9. The standard InChI is InChI=1S/C13H12Br2F2O2/c1-8(18)19-11(12(15)13(16)17)7-6-9-4-2-3-5-10(9)14/h2-5,11H,6-7H2,1H3. The van der Waals surface area contributed by atoms with Crippen LogP contribution in [0.25, 0.3) is 0 Å². The Hall–Kier alpha value is -0.750. The van der Waals surface area contributed by atoms with E-state index in [0.29, 0.717) is 6.42 Å². The molecule has 1 rings (SSSR count). The Balaban J connectivity index is 2.77. The molecule has 104 valence electrons. The van der Waals surface area contributed by atoms with Gasteiger partial charge in [0.2, 0.25) is 0 Å². The zero-order valence-electron chi connectivity index (χ0n) is 10.1. The van der Waals surface area contributed by atoms with Gasteiger partial charge in [0.05, 0.1) is 0 Å². The molecule has 0 aliphatic carbocycles. The normalized spacial score (nSPS) is 11.8. The van der Waals surface area contributed by atoms with Gasteiger partial charge in [-0.05, 0) is 40.4 Å². The molecular weight excluding hydrogens is 386 g/mol. The molecule has 19 heavy (non-hydrogen) atoms. The van der Waals surface area contributed by atoms with Crippen molar-refractivity contribution in [1.29, 1.82) is 0 Å². The second-order valence-electron chi connectivity index (χ2n) is 3.84. The number of rotatable bonds is 5. The van der Waals surface area contributed by atoms with Gasteiger partial charge in [0, 0.05) is 11.4 Å². The number of carbonyl (C=O) groups excluding carboxylic acids is 1. The van der Waals surface area contributed by atoms with Crippen LogP contribution in [-0.2, 0) is 16.0 Å². The monoisotopic (exact) mass is 396 g/mol. The molecule has 6 heteroatoms. The van der Waals surface area contributed by atoms with Gasteiger partial charge < -0.3 is 4.74 Å². The van der Waals surface area contributed by atoms with E-state index in [1.165, 1.54) is 6.92 Å². The van der Waals surface area contributed by atoms with Gasteiger partial charge in [0.25, 0.3) is 6.08 Å². The highest BCUT2D eigenvalue weighted by Gasteiger charge is 2.20. The van der Waals surface area contributed by atoms with Gasteiger partial charge in [-0.25, -0.2) is 0 Å². The molecule has 1 unspecified atom stereocenters. The summed E-state index contributed by atoms with van der Waals surface area (Å²) < 4.78 is 30.5. The van der Waals surface area contributed by atoms with Crippen molar-refractivity contribution in [3.05, 3.63) is 44.9 Å². The summed E-state index contributed by atoms with van der Waals surface area (Å²) in [5, 5.41) is 0. The van der Waals surface area contributed by atoms with E-state index in [2.05, 4.69) is 31.9 Å². The highest BCUT2D eigenvalue weighted by molar-refractivity contribution is 9.11. The first-order valence-electron chi connectivity index (χ1n) is 5.53. The molecule has 0 radical (unpaired) electrons. The SMILES string of the molecule is CC(=O)OC(CCc1ccccc1Br)C(Br)=C(F)F. The molecular formula is C13H12Br2F2O2. The molecule has 0 fully saturated rings. The molecule has 2 nitrogen and oxygen atoms in total. The Morgan fingerprint density at radius 1 is 1.37 bits per heavy atom. The van der Waals surface area contributed by atoms with Gasteiger partial charge in [-0.15, -0.1) is 0 Å². The van der Waals surface area contributed by atoms with Crippen molar-refractivity contribution in [2.24, 2.45) is 0 Å². The first-order valence-corrected chi connectivity index (χ1v) is 7.11. The first-order chi connectivity index (χ1) is 8.91. The third kappa shape index (κ3) is 5.40. The van der Waals surface area contributed by atoms with Gasteiger partial charge in [-0.1, -0.05) is 34.1 Å². The Bertz CT molecular complexity index is 485. The summed E-state index contributed by atoms with van der Waals surface area (Å²) in [5.74, 6) is -0.588. The number of ether oxygens (including phenoxy) is 1.